The van der Waals surface area contributed by atoms with E-state index in [1.54, 1.807) is 0 Å². The Hall–Kier alpha value is -0.270. The fraction of sp³-hybridized carbons (Fsp3) is 1.00. The lowest BCUT2D eigenvalue weighted by Gasteiger charge is -2.56. The Morgan fingerprint density at radius 1 is 1.10 bits per heavy atom. The summed E-state index contributed by atoms with van der Waals surface area (Å²) in [6.45, 7) is -1.07. The van der Waals surface area contributed by atoms with E-state index in [-0.39, 0.29) is 12.0 Å². The second kappa shape index (κ2) is 4.61. The molecule has 0 aromatic rings. The lowest BCUT2D eigenvalue weighted by molar-refractivity contribution is -0.115. The van der Waals surface area contributed by atoms with Gasteiger partial charge in [-0.05, 0) is 61.7 Å². The van der Waals surface area contributed by atoms with Crippen LogP contribution in [0, 0.1) is 23.2 Å². The third kappa shape index (κ3) is 2.60. The zero-order chi connectivity index (χ0) is 14.6. The van der Waals surface area contributed by atoms with Gasteiger partial charge in [-0.2, -0.15) is 17.2 Å². The highest BCUT2D eigenvalue weighted by Crippen LogP contribution is 2.60. The molecule has 0 atom stereocenters. The van der Waals surface area contributed by atoms with Crippen molar-refractivity contribution < 1.29 is 26.5 Å². The van der Waals surface area contributed by atoms with Crippen molar-refractivity contribution >= 4 is 10.1 Å². The van der Waals surface area contributed by atoms with Gasteiger partial charge in [-0.3, -0.25) is 4.55 Å². The number of ether oxygens (including phenoxy) is 1. The summed E-state index contributed by atoms with van der Waals surface area (Å²) in [4.78, 5) is 0. The van der Waals surface area contributed by atoms with Crippen molar-refractivity contribution in [2.45, 2.75) is 43.8 Å². The summed E-state index contributed by atoms with van der Waals surface area (Å²) in [6.07, 6.45) is 6.78. The van der Waals surface area contributed by atoms with Gasteiger partial charge in [0.05, 0.1) is 6.61 Å². The van der Waals surface area contributed by atoms with Crippen molar-refractivity contribution in [1.82, 2.24) is 0 Å². The van der Waals surface area contributed by atoms with E-state index in [1.165, 1.54) is 19.3 Å². The van der Waals surface area contributed by atoms with Crippen molar-refractivity contribution in [2.24, 2.45) is 23.2 Å². The minimum atomic E-state index is -5.39. The fourth-order valence-electron chi connectivity index (χ4n) is 4.93. The van der Waals surface area contributed by atoms with Crippen molar-refractivity contribution in [1.29, 1.82) is 0 Å². The van der Waals surface area contributed by atoms with Crippen LogP contribution >= 0.6 is 0 Å². The smallest absolute Gasteiger partial charge is 0.373 e. The van der Waals surface area contributed by atoms with E-state index in [2.05, 4.69) is 0 Å². The van der Waals surface area contributed by atoms with E-state index in [0.717, 1.165) is 19.3 Å². The zero-order valence-electron chi connectivity index (χ0n) is 11.2. The van der Waals surface area contributed by atoms with E-state index < -0.39 is 22.0 Å². The molecule has 0 aromatic carbocycles. The quantitative estimate of drug-likeness (QED) is 0.793. The molecule has 4 saturated carbocycles. The van der Waals surface area contributed by atoms with Crippen LogP contribution in [0.3, 0.4) is 0 Å². The standard InChI is InChI=1S/C13H20F2O4S/c14-13(15,20(16,17)18)8-19-7-12-4-9-1-10(5-12)3-11(2-9)6-12/h9-11H,1-8H2,(H,16,17,18). The largest absolute Gasteiger partial charge is 0.392 e. The monoisotopic (exact) mass is 310 g/mol. The molecule has 4 rings (SSSR count). The summed E-state index contributed by atoms with van der Waals surface area (Å²) >= 11 is 0. The van der Waals surface area contributed by atoms with Gasteiger partial charge < -0.3 is 4.74 Å². The van der Waals surface area contributed by atoms with Gasteiger partial charge in [-0.25, -0.2) is 0 Å². The third-order valence-corrected chi connectivity index (χ3v) is 6.09. The molecule has 0 unspecified atom stereocenters. The Balaban J connectivity index is 1.59. The van der Waals surface area contributed by atoms with Gasteiger partial charge in [-0.15, -0.1) is 0 Å². The summed E-state index contributed by atoms with van der Waals surface area (Å²) in [6, 6.07) is 0. The van der Waals surface area contributed by atoms with Crippen LogP contribution in [0.1, 0.15) is 38.5 Å². The van der Waals surface area contributed by atoms with Crippen LogP contribution in [0.25, 0.3) is 0 Å². The summed E-state index contributed by atoms with van der Waals surface area (Å²) in [5.41, 5.74) is -0.0377. The Labute approximate surface area is 117 Å². The Kier molecular flexibility index (Phi) is 3.38. The first kappa shape index (κ1) is 14.7. The molecule has 0 heterocycles. The number of hydrogen-bond donors (Lipinski definition) is 1. The molecule has 4 nitrogen and oxygen atoms in total. The summed E-state index contributed by atoms with van der Waals surface area (Å²) < 4.78 is 60.8. The van der Waals surface area contributed by atoms with Crippen molar-refractivity contribution in [3.05, 3.63) is 0 Å². The van der Waals surface area contributed by atoms with Crippen LogP contribution in [-0.4, -0.2) is 31.4 Å². The molecule has 20 heavy (non-hydrogen) atoms. The van der Waals surface area contributed by atoms with Crippen LogP contribution in [0.2, 0.25) is 0 Å². The highest BCUT2D eigenvalue weighted by molar-refractivity contribution is 7.86. The highest BCUT2D eigenvalue weighted by atomic mass is 32.2. The van der Waals surface area contributed by atoms with Crippen molar-refractivity contribution in [2.75, 3.05) is 13.2 Å². The summed E-state index contributed by atoms with van der Waals surface area (Å²) in [7, 11) is -5.39. The maximum atomic E-state index is 13.1. The number of alkyl halides is 2. The molecule has 0 radical (unpaired) electrons. The van der Waals surface area contributed by atoms with Gasteiger partial charge in [-0.1, -0.05) is 0 Å². The summed E-state index contributed by atoms with van der Waals surface area (Å²) in [5, 5.41) is -4.21. The van der Waals surface area contributed by atoms with Crippen LogP contribution < -0.4 is 0 Å². The molecule has 0 amide bonds. The Bertz CT molecular complexity index is 453. The molecule has 4 aliphatic rings. The predicted molar refractivity (Wildman–Crippen MR) is 67.9 cm³/mol. The molecule has 4 bridgehead atoms. The van der Waals surface area contributed by atoms with Gasteiger partial charge in [0.2, 0.25) is 0 Å². The van der Waals surface area contributed by atoms with Crippen LogP contribution in [-0.2, 0) is 14.9 Å². The third-order valence-electron chi connectivity index (χ3n) is 5.22. The van der Waals surface area contributed by atoms with E-state index in [0.29, 0.717) is 17.8 Å². The molecule has 1 N–H and O–H groups in total. The topological polar surface area (TPSA) is 63.6 Å². The molecule has 7 heteroatoms. The zero-order valence-corrected chi connectivity index (χ0v) is 12.0. The normalized spacial score (nSPS) is 40.2. The number of halogens is 2. The lowest BCUT2D eigenvalue weighted by atomic mass is 9.50. The van der Waals surface area contributed by atoms with Gasteiger partial charge in [0, 0.05) is 0 Å². The van der Waals surface area contributed by atoms with Gasteiger partial charge in [0.1, 0.15) is 6.61 Å². The molecule has 4 aliphatic carbocycles. The second-order valence-electron chi connectivity index (χ2n) is 7.02. The van der Waals surface area contributed by atoms with E-state index in [4.69, 9.17) is 9.29 Å². The molecule has 0 spiro atoms. The first-order valence-corrected chi connectivity index (χ1v) is 8.56. The number of hydrogen-bond acceptors (Lipinski definition) is 3. The minimum Gasteiger partial charge on any atom is -0.373 e. The first-order valence-electron chi connectivity index (χ1n) is 7.12. The predicted octanol–water partition coefficient (Wildman–Crippen LogP) is 2.70. The second-order valence-corrected chi connectivity index (χ2v) is 8.57. The SMILES string of the molecule is O=S(=O)(O)C(F)(F)COCC12CC3CC(CC(C3)C1)C2. The van der Waals surface area contributed by atoms with Crippen LogP contribution in [0.5, 0.6) is 0 Å². The molecule has 0 aliphatic heterocycles. The van der Waals surface area contributed by atoms with Crippen LogP contribution in [0.15, 0.2) is 0 Å². The maximum Gasteiger partial charge on any atom is 0.392 e. The van der Waals surface area contributed by atoms with Gasteiger partial charge in [0.15, 0.2) is 0 Å². The maximum absolute atomic E-state index is 13.1. The van der Waals surface area contributed by atoms with E-state index in [1.807, 2.05) is 0 Å². The Morgan fingerprint density at radius 2 is 1.55 bits per heavy atom. The molecule has 116 valence electrons. The lowest BCUT2D eigenvalue weighted by Crippen LogP contribution is -2.48. The highest BCUT2D eigenvalue weighted by Gasteiger charge is 2.52. The van der Waals surface area contributed by atoms with Crippen LogP contribution in [0.4, 0.5) is 8.78 Å². The van der Waals surface area contributed by atoms with E-state index >= 15 is 0 Å². The molecule has 4 fully saturated rings. The fourth-order valence-corrected chi connectivity index (χ4v) is 5.16. The van der Waals surface area contributed by atoms with E-state index in [9.17, 15) is 17.2 Å². The van der Waals surface area contributed by atoms with Gasteiger partial charge in [0.25, 0.3) is 0 Å². The average molecular weight is 310 g/mol. The molecular formula is C13H20F2O4S. The molecule has 0 saturated heterocycles. The number of rotatable bonds is 5. The summed E-state index contributed by atoms with van der Waals surface area (Å²) in [5.74, 6) is 2.06. The molecular weight excluding hydrogens is 290 g/mol. The van der Waals surface area contributed by atoms with Crippen molar-refractivity contribution in [3.8, 4) is 0 Å². The average Bonchev–Trinajstić information content (AvgIpc) is 2.24. The van der Waals surface area contributed by atoms with Gasteiger partial charge >= 0.3 is 15.4 Å². The molecule has 0 aromatic heterocycles. The van der Waals surface area contributed by atoms with Crippen molar-refractivity contribution in [3.63, 3.8) is 0 Å². The first-order chi connectivity index (χ1) is 9.19. The Morgan fingerprint density at radius 3 is 1.95 bits per heavy atom. The minimum absolute atomic E-state index is 0.0377.